The van der Waals surface area contributed by atoms with Gasteiger partial charge in [-0.25, -0.2) is 4.79 Å². The average Bonchev–Trinajstić information content (AvgIpc) is 3.05. The Balaban J connectivity index is 1.92. The third-order valence-corrected chi connectivity index (χ3v) is 3.11. The molecule has 1 aliphatic heterocycles. The van der Waals surface area contributed by atoms with Crippen LogP contribution in [0.1, 0.15) is 32.3 Å². The summed E-state index contributed by atoms with van der Waals surface area (Å²) < 4.78 is 10.7. The first kappa shape index (κ1) is 12.1. The van der Waals surface area contributed by atoms with Gasteiger partial charge in [-0.3, -0.25) is 0 Å². The van der Waals surface area contributed by atoms with Gasteiger partial charge in [0.25, 0.3) is 0 Å². The number of epoxide rings is 1. The van der Waals surface area contributed by atoms with Crippen molar-refractivity contribution in [2.45, 2.75) is 38.4 Å². The van der Waals surface area contributed by atoms with Crippen LogP contribution in [0.4, 0.5) is 0 Å². The van der Waals surface area contributed by atoms with Crippen molar-refractivity contribution in [1.82, 2.24) is 0 Å². The van der Waals surface area contributed by atoms with E-state index < -0.39 is 11.7 Å². The van der Waals surface area contributed by atoms with Crippen molar-refractivity contribution in [3.8, 4) is 0 Å². The second kappa shape index (κ2) is 4.88. The molecular formula is C14H18O3. The summed E-state index contributed by atoms with van der Waals surface area (Å²) in [5.41, 5.74) is 0.530. The van der Waals surface area contributed by atoms with Crippen molar-refractivity contribution in [2.24, 2.45) is 0 Å². The minimum absolute atomic E-state index is 0.246. The van der Waals surface area contributed by atoms with Gasteiger partial charge in [-0.05, 0) is 18.9 Å². The Morgan fingerprint density at radius 2 is 2.12 bits per heavy atom. The fourth-order valence-corrected chi connectivity index (χ4v) is 1.87. The van der Waals surface area contributed by atoms with Crippen molar-refractivity contribution in [3.63, 3.8) is 0 Å². The highest BCUT2D eigenvalue weighted by Crippen LogP contribution is 2.46. The maximum Gasteiger partial charge on any atom is 0.338 e. The summed E-state index contributed by atoms with van der Waals surface area (Å²) in [6.07, 6.45) is 1.48. The number of unbranched alkanes of at least 4 members (excludes halogenated alkanes) is 1. The highest BCUT2D eigenvalue weighted by Gasteiger charge is 2.59. The molecule has 0 N–H and O–H groups in total. The van der Waals surface area contributed by atoms with Crippen molar-refractivity contribution in [2.75, 3.05) is 6.61 Å². The van der Waals surface area contributed by atoms with Gasteiger partial charge in [0.2, 0.25) is 0 Å². The first-order valence-corrected chi connectivity index (χ1v) is 6.08. The molecule has 0 radical (unpaired) electrons. The Hall–Kier alpha value is -1.35. The lowest BCUT2D eigenvalue weighted by molar-refractivity contribution is -0.145. The molecule has 3 nitrogen and oxygen atoms in total. The minimum atomic E-state index is -0.495. The SMILES string of the molecule is CCCCOC(=O)[C@H]1O[C@]1(C)c1ccccc1. The number of ether oxygens (including phenoxy) is 2. The van der Waals surface area contributed by atoms with Gasteiger partial charge in [-0.2, -0.15) is 0 Å². The van der Waals surface area contributed by atoms with E-state index in [1.807, 2.05) is 37.3 Å². The van der Waals surface area contributed by atoms with Crippen LogP contribution in [0.3, 0.4) is 0 Å². The normalized spacial score (nSPS) is 26.6. The maximum absolute atomic E-state index is 11.7. The maximum atomic E-state index is 11.7. The molecule has 0 saturated carbocycles. The van der Waals surface area contributed by atoms with Crippen molar-refractivity contribution >= 4 is 5.97 Å². The summed E-state index contributed by atoms with van der Waals surface area (Å²) in [5.74, 6) is -0.246. The van der Waals surface area contributed by atoms with Crippen LogP contribution in [0, 0.1) is 0 Å². The van der Waals surface area contributed by atoms with E-state index in [2.05, 4.69) is 6.92 Å². The fourth-order valence-electron chi connectivity index (χ4n) is 1.87. The van der Waals surface area contributed by atoms with Gasteiger partial charge in [-0.15, -0.1) is 0 Å². The zero-order valence-corrected chi connectivity index (χ0v) is 10.3. The van der Waals surface area contributed by atoms with Gasteiger partial charge in [0.05, 0.1) is 6.61 Å². The molecule has 2 rings (SSSR count). The second-order valence-electron chi connectivity index (χ2n) is 4.49. The molecule has 1 aromatic rings. The van der Waals surface area contributed by atoms with E-state index in [1.54, 1.807) is 0 Å². The van der Waals surface area contributed by atoms with E-state index in [9.17, 15) is 4.79 Å². The van der Waals surface area contributed by atoms with Gasteiger partial charge >= 0.3 is 5.97 Å². The summed E-state index contributed by atoms with van der Waals surface area (Å²) in [6.45, 7) is 4.48. The predicted molar refractivity (Wildman–Crippen MR) is 64.5 cm³/mol. The summed E-state index contributed by atoms with van der Waals surface area (Å²) >= 11 is 0. The van der Waals surface area contributed by atoms with Crippen LogP contribution < -0.4 is 0 Å². The Morgan fingerprint density at radius 3 is 2.76 bits per heavy atom. The first-order valence-electron chi connectivity index (χ1n) is 6.08. The third-order valence-electron chi connectivity index (χ3n) is 3.11. The van der Waals surface area contributed by atoms with Gasteiger partial charge in [-0.1, -0.05) is 43.7 Å². The molecule has 3 heteroatoms. The zero-order chi connectivity index (χ0) is 12.3. The number of esters is 1. The monoisotopic (exact) mass is 234 g/mol. The number of hydrogen-bond donors (Lipinski definition) is 0. The number of rotatable bonds is 5. The van der Waals surface area contributed by atoms with Crippen molar-refractivity contribution in [1.29, 1.82) is 0 Å². The molecule has 0 bridgehead atoms. The fraction of sp³-hybridized carbons (Fsp3) is 0.500. The molecule has 0 aliphatic carbocycles. The van der Waals surface area contributed by atoms with Gasteiger partial charge < -0.3 is 9.47 Å². The van der Waals surface area contributed by atoms with Crippen LogP contribution in [0.15, 0.2) is 30.3 Å². The van der Waals surface area contributed by atoms with E-state index >= 15 is 0 Å². The molecule has 1 aliphatic rings. The van der Waals surface area contributed by atoms with Crippen LogP contribution in [-0.2, 0) is 19.9 Å². The number of carbonyl (C=O) groups excluding carboxylic acids is 1. The molecule has 92 valence electrons. The van der Waals surface area contributed by atoms with E-state index in [1.165, 1.54) is 0 Å². The molecule has 0 spiro atoms. The lowest BCUT2D eigenvalue weighted by atomic mass is 9.97. The average molecular weight is 234 g/mol. The third kappa shape index (κ3) is 2.50. The molecule has 1 fully saturated rings. The molecule has 17 heavy (non-hydrogen) atoms. The standard InChI is InChI=1S/C14H18O3/c1-3-4-10-16-13(15)12-14(2,17-12)11-8-6-5-7-9-11/h5-9,12H,3-4,10H2,1-2H3/t12-,14-/m1/s1. The topological polar surface area (TPSA) is 38.8 Å². The van der Waals surface area contributed by atoms with E-state index in [-0.39, 0.29) is 5.97 Å². The summed E-state index contributed by atoms with van der Waals surface area (Å²) in [6, 6.07) is 9.78. The summed E-state index contributed by atoms with van der Waals surface area (Å²) in [5, 5.41) is 0. The Morgan fingerprint density at radius 1 is 1.41 bits per heavy atom. The lowest BCUT2D eigenvalue weighted by Crippen LogP contribution is -2.19. The number of hydrogen-bond acceptors (Lipinski definition) is 3. The summed E-state index contributed by atoms with van der Waals surface area (Å²) in [4.78, 5) is 11.7. The molecular weight excluding hydrogens is 216 g/mol. The first-order chi connectivity index (χ1) is 8.18. The van der Waals surface area contributed by atoms with Gasteiger partial charge in [0.1, 0.15) is 5.60 Å². The molecule has 0 aromatic heterocycles. The number of benzene rings is 1. The van der Waals surface area contributed by atoms with Crippen LogP contribution >= 0.6 is 0 Å². The van der Waals surface area contributed by atoms with Gasteiger partial charge in [0, 0.05) is 0 Å². The molecule has 1 saturated heterocycles. The largest absolute Gasteiger partial charge is 0.464 e. The van der Waals surface area contributed by atoms with Crippen LogP contribution in [0.5, 0.6) is 0 Å². The smallest absolute Gasteiger partial charge is 0.338 e. The minimum Gasteiger partial charge on any atom is -0.464 e. The molecule has 0 amide bonds. The quantitative estimate of drug-likeness (QED) is 0.446. The lowest BCUT2D eigenvalue weighted by Gasteiger charge is -2.06. The molecule has 1 heterocycles. The molecule has 2 atom stereocenters. The molecule has 0 unspecified atom stereocenters. The Labute approximate surface area is 102 Å². The molecule has 1 aromatic carbocycles. The van der Waals surface area contributed by atoms with Crippen LogP contribution in [0.25, 0.3) is 0 Å². The zero-order valence-electron chi connectivity index (χ0n) is 10.3. The van der Waals surface area contributed by atoms with E-state index in [0.717, 1.165) is 18.4 Å². The van der Waals surface area contributed by atoms with Crippen LogP contribution in [-0.4, -0.2) is 18.7 Å². The summed E-state index contributed by atoms with van der Waals surface area (Å²) in [7, 11) is 0. The van der Waals surface area contributed by atoms with E-state index in [4.69, 9.17) is 9.47 Å². The van der Waals surface area contributed by atoms with Crippen LogP contribution in [0.2, 0.25) is 0 Å². The Bertz CT molecular complexity index is 388. The van der Waals surface area contributed by atoms with E-state index in [0.29, 0.717) is 6.61 Å². The Kier molecular flexibility index (Phi) is 3.48. The predicted octanol–water partition coefficient (Wildman–Crippen LogP) is 2.64. The second-order valence-corrected chi connectivity index (χ2v) is 4.49. The van der Waals surface area contributed by atoms with Crippen molar-refractivity contribution in [3.05, 3.63) is 35.9 Å². The highest BCUT2D eigenvalue weighted by molar-refractivity contribution is 5.79. The highest BCUT2D eigenvalue weighted by atomic mass is 16.7. The van der Waals surface area contributed by atoms with Crippen molar-refractivity contribution < 1.29 is 14.3 Å². The van der Waals surface area contributed by atoms with Gasteiger partial charge in [0.15, 0.2) is 6.10 Å². The number of carbonyl (C=O) groups is 1.